The van der Waals surface area contributed by atoms with Crippen molar-refractivity contribution in [1.29, 1.82) is 0 Å². The van der Waals surface area contributed by atoms with Crippen LogP contribution in [0.2, 0.25) is 0 Å². The van der Waals surface area contributed by atoms with E-state index in [4.69, 9.17) is 0 Å². The topological polar surface area (TPSA) is 88.5 Å². The summed E-state index contributed by atoms with van der Waals surface area (Å²) < 4.78 is 16.3. The number of carbonyl (C=O) groups excluding carboxylic acids is 1. The maximum Gasteiger partial charge on any atom is 0.232 e. The summed E-state index contributed by atoms with van der Waals surface area (Å²) in [5.41, 5.74) is 4.16. The van der Waals surface area contributed by atoms with Crippen LogP contribution in [0.25, 0.3) is 22.3 Å². The van der Waals surface area contributed by atoms with Crippen LogP contribution in [0.1, 0.15) is 37.3 Å². The first-order valence-corrected chi connectivity index (χ1v) is 10.4. The van der Waals surface area contributed by atoms with Crippen LogP contribution in [0.3, 0.4) is 0 Å². The van der Waals surface area contributed by atoms with Gasteiger partial charge in [0, 0.05) is 23.7 Å². The Morgan fingerprint density at radius 1 is 1.32 bits per heavy atom. The first kappa shape index (κ1) is 19.4. The van der Waals surface area contributed by atoms with E-state index < -0.39 is 5.92 Å². The van der Waals surface area contributed by atoms with Crippen molar-refractivity contribution >= 4 is 22.5 Å². The maximum atomic E-state index is 14.4. The Balaban J connectivity index is 1.44. The van der Waals surface area contributed by atoms with Crippen molar-refractivity contribution in [3.63, 3.8) is 0 Å². The van der Waals surface area contributed by atoms with Gasteiger partial charge in [-0.05, 0) is 36.5 Å². The van der Waals surface area contributed by atoms with E-state index in [-0.39, 0.29) is 11.7 Å². The Bertz CT molecular complexity index is 1270. The average Bonchev–Trinajstić information content (AvgIpc) is 3.46. The number of nitrogens with one attached hydrogen (secondary N) is 2. The molecule has 3 heterocycles. The number of anilines is 1. The number of amides is 1. The lowest BCUT2D eigenvalue weighted by Gasteiger charge is -2.13. The van der Waals surface area contributed by atoms with Crippen LogP contribution in [0, 0.1) is 11.7 Å². The monoisotopic (exact) mass is 418 g/mol. The number of benzene rings is 1. The smallest absolute Gasteiger partial charge is 0.232 e. The van der Waals surface area contributed by atoms with Crippen molar-refractivity contribution in [2.24, 2.45) is 5.92 Å². The largest absolute Gasteiger partial charge is 0.322 e. The minimum absolute atomic E-state index is 0.238. The number of H-pyrrole nitrogens is 1. The summed E-state index contributed by atoms with van der Waals surface area (Å²) >= 11 is 0. The Kier molecular flexibility index (Phi) is 4.77. The lowest BCUT2D eigenvalue weighted by atomic mass is 9.99. The Labute approximate surface area is 178 Å². The molecule has 0 bridgehead atoms. The summed E-state index contributed by atoms with van der Waals surface area (Å²) in [6, 6.07) is 6.93. The van der Waals surface area contributed by atoms with Crippen molar-refractivity contribution < 1.29 is 9.18 Å². The van der Waals surface area contributed by atoms with Gasteiger partial charge in [0.25, 0.3) is 0 Å². The number of aryl methyl sites for hydroxylation is 1. The average molecular weight is 418 g/mol. The fourth-order valence-corrected chi connectivity index (χ4v) is 4.29. The van der Waals surface area contributed by atoms with Gasteiger partial charge in [-0.1, -0.05) is 26.0 Å². The molecule has 31 heavy (non-hydrogen) atoms. The quantitative estimate of drug-likeness (QED) is 0.506. The number of hydrogen-bond acceptors (Lipinski definition) is 4. The zero-order valence-electron chi connectivity index (χ0n) is 17.4. The molecule has 1 aliphatic carbocycles. The molecule has 0 spiro atoms. The number of carbonyl (C=O) groups is 1. The van der Waals surface area contributed by atoms with Gasteiger partial charge in [0.2, 0.25) is 5.91 Å². The summed E-state index contributed by atoms with van der Waals surface area (Å²) in [5.74, 6) is -0.621. The van der Waals surface area contributed by atoms with Crippen molar-refractivity contribution in [3.05, 3.63) is 59.8 Å². The number of nitrogens with zero attached hydrogens (tertiary/aromatic N) is 4. The van der Waals surface area contributed by atoms with Crippen molar-refractivity contribution in [2.75, 3.05) is 5.32 Å². The summed E-state index contributed by atoms with van der Waals surface area (Å²) in [4.78, 5) is 17.5. The lowest BCUT2D eigenvalue weighted by Crippen LogP contribution is -2.20. The van der Waals surface area contributed by atoms with Crippen LogP contribution in [0.15, 0.2) is 42.9 Å². The molecule has 0 fully saturated rings. The van der Waals surface area contributed by atoms with Crippen LogP contribution >= 0.6 is 0 Å². The molecular weight excluding hydrogens is 395 g/mol. The number of pyridine rings is 1. The van der Waals surface area contributed by atoms with E-state index >= 15 is 0 Å². The van der Waals surface area contributed by atoms with Crippen LogP contribution in [-0.2, 0) is 17.8 Å². The molecule has 2 N–H and O–H groups in total. The highest BCUT2D eigenvalue weighted by atomic mass is 19.1. The molecule has 1 unspecified atom stereocenters. The fraction of sp³-hybridized carbons (Fsp3) is 0.304. The first-order valence-electron chi connectivity index (χ1n) is 10.4. The van der Waals surface area contributed by atoms with E-state index in [2.05, 4.69) is 39.4 Å². The Morgan fingerprint density at radius 2 is 2.19 bits per heavy atom. The highest BCUT2D eigenvalue weighted by Gasteiger charge is 2.32. The third kappa shape index (κ3) is 3.48. The second-order valence-corrected chi connectivity index (χ2v) is 8.40. The van der Waals surface area contributed by atoms with Gasteiger partial charge < -0.3 is 5.32 Å². The van der Waals surface area contributed by atoms with E-state index in [1.54, 1.807) is 24.7 Å². The number of halogens is 1. The Hall–Kier alpha value is -3.55. The molecule has 4 aromatic rings. The zero-order chi connectivity index (χ0) is 21.5. The normalized spacial score (nSPS) is 15.5. The highest BCUT2D eigenvalue weighted by Crippen LogP contribution is 2.36. The third-order valence-corrected chi connectivity index (χ3v) is 5.73. The van der Waals surface area contributed by atoms with Crippen molar-refractivity contribution in [1.82, 2.24) is 25.0 Å². The molecule has 8 heteroatoms. The molecule has 158 valence electrons. The molecule has 0 aliphatic heterocycles. The van der Waals surface area contributed by atoms with Crippen LogP contribution in [0.4, 0.5) is 10.1 Å². The number of rotatable bonds is 5. The van der Waals surface area contributed by atoms with E-state index in [9.17, 15) is 9.18 Å². The minimum atomic E-state index is -0.512. The van der Waals surface area contributed by atoms with Crippen molar-refractivity contribution in [2.45, 2.75) is 39.2 Å². The number of fused-ring (bicyclic) bond motifs is 2. The van der Waals surface area contributed by atoms with Crippen LogP contribution in [0.5, 0.6) is 0 Å². The number of hydrogen-bond donors (Lipinski definition) is 2. The van der Waals surface area contributed by atoms with Crippen molar-refractivity contribution in [3.8, 4) is 11.4 Å². The van der Waals surface area contributed by atoms with Gasteiger partial charge >= 0.3 is 0 Å². The molecule has 0 saturated heterocycles. The van der Waals surface area contributed by atoms with Crippen LogP contribution in [-0.4, -0.2) is 30.9 Å². The molecule has 0 radical (unpaired) electrons. The molecule has 0 saturated carbocycles. The van der Waals surface area contributed by atoms with E-state index in [1.165, 1.54) is 6.07 Å². The van der Waals surface area contributed by atoms with E-state index in [0.717, 1.165) is 23.0 Å². The van der Waals surface area contributed by atoms with Gasteiger partial charge in [0.05, 0.1) is 35.2 Å². The molecule has 3 aromatic heterocycles. The molecule has 1 amide bonds. The van der Waals surface area contributed by atoms with Gasteiger partial charge in [-0.25, -0.2) is 4.39 Å². The van der Waals surface area contributed by atoms with Gasteiger partial charge in [0.15, 0.2) is 0 Å². The predicted molar refractivity (Wildman–Crippen MR) is 116 cm³/mol. The minimum Gasteiger partial charge on any atom is -0.322 e. The highest BCUT2D eigenvalue weighted by molar-refractivity contribution is 5.99. The van der Waals surface area contributed by atoms with Gasteiger partial charge in [0.1, 0.15) is 11.5 Å². The van der Waals surface area contributed by atoms with E-state index in [0.29, 0.717) is 41.4 Å². The summed E-state index contributed by atoms with van der Waals surface area (Å²) in [6.07, 6.45) is 6.41. The predicted octanol–water partition coefficient (Wildman–Crippen LogP) is 4.29. The number of aromatic nitrogens is 5. The van der Waals surface area contributed by atoms with Gasteiger partial charge in [-0.15, -0.1) is 0 Å². The molecule has 1 aromatic carbocycles. The Morgan fingerprint density at radius 3 is 3.03 bits per heavy atom. The third-order valence-electron chi connectivity index (χ3n) is 5.73. The van der Waals surface area contributed by atoms with Crippen LogP contribution < -0.4 is 5.32 Å². The molecule has 7 nitrogen and oxygen atoms in total. The number of aromatic amines is 1. The second kappa shape index (κ2) is 7.61. The molecule has 1 aliphatic rings. The molecule has 1 atom stereocenters. The fourth-order valence-electron chi connectivity index (χ4n) is 4.29. The standard InChI is InChI=1S/C23H23FN6O/c1-13(2)12-30-20-8-18(25-9-15(20)10-27-30)22-19(11-26-29-22)28-23(31)16-7-6-14-4-3-5-17(24)21(14)16/h3-5,8-11,13,16H,6-7,12H2,1-2H3,(H,26,29)(H,28,31). The van der Waals surface area contributed by atoms with Gasteiger partial charge in [-0.2, -0.15) is 10.2 Å². The summed E-state index contributed by atoms with van der Waals surface area (Å²) in [5, 5.41) is 15.4. The van der Waals surface area contributed by atoms with Gasteiger partial charge in [-0.3, -0.25) is 19.6 Å². The maximum absolute atomic E-state index is 14.4. The first-order chi connectivity index (χ1) is 15.0. The second-order valence-electron chi connectivity index (χ2n) is 8.40. The zero-order valence-corrected chi connectivity index (χ0v) is 17.4. The summed E-state index contributed by atoms with van der Waals surface area (Å²) in [6.45, 7) is 5.08. The summed E-state index contributed by atoms with van der Waals surface area (Å²) in [7, 11) is 0. The van der Waals surface area contributed by atoms with E-state index in [1.807, 2.05) is 16.8 Å². The lowest BCUT2D eigenvalue weighted by molar-refractivity contribution is -0.117. The SMILES string of the molecule is CC(C)Cn1ncc2cnc(-c3[nH]ncc3NC(=O)C3CCc4cccc(F)c43)cc21. The molecule has 5 rings (SSSR count). The molecular formula is C23H23FN6O.